The highest BCUT2D eigenvalue weighted by Crippen LogP contribution is 2.43. The lowest BCUT2D eigenvalue weighted by Crippen LogP contribution is -2.00. The van der Waals surface area contributed by atoms with Gasteiger partial charge in [-0.15, -0.1) is 0 Å². The smallest absolute Gasteiger partial charge is 0.162 e. The third-order valence-corrected chi connectivity index (χ3v) is 11.3. The maximum absolute atomic E-state index is 6.34. The van der Waals surface area contributed by atoms with Crippen LogP contribution >= 0.6 is 0 Å². The number of hydrogen-bond acceptors (Lipinski definition) is 3. The highest BCUT2D eigenvalue weighted by Gasteiger charge is 2.23. The van der Waals surface area contributed by atoms with Gasteiger partial charge in [-0.3, -0.25) is 4.57 Å². The van der Waals surface area contributed by atoms with Crippen molar-refractivity contribution >= 4 is 65.7 Å². The molecule has 0 aliphatic heterocycles. The predicted molar refractivity (Wildman–Crippen MR) is 234 cm³/mol. The van der Waals surface area contributed by atoms with Crippen LogP contribution in [-0.2, 0) is 0 Å². The monoisotopic (exact) mass is 728 g/mol. The first kappa shape index (κ1) is 31.6. The summed E-state index contributed by atoms with van der Waals surface area (Å²) in [5, 5.41) is 6.69. The fourth-order valence-corrected chi connectivity index (χ4v) is 8.82. The first-order chi connectivity index (χ1) is 28.3. The minimum atomic E-state index is 0.683. The molecule has 4 aromatic heterocycles. The molecule has 0 N–H and O–H groups in total. The number of benzene rings is 8. The van der Waals surface area contributed by atoms with Gasteiger partial charge in [0.2, 0.25) is 0 Å². The number of rotatable bonds is 5. The Morgan fingerprint density at radius 2 is 1.02 bits per heavy atom. The normalized spacial score (nSPS) is 11.9. The average Bonchev–Trinajstić information content (AvgIpc) is 3.94. The molecule has 0 spiro atoms. The molecule has 0 saturated heterocycles. The number of hydrogen-bond donors (Lipinski definition) is 0. The molecule has 8 aromatic carbocycles. The Morgan fingerprint density at radius 3 is 1.84 bits per heavy atom. The second-order valence-electron chi connectivity index (χ2n) is 14.6. The second kappa shape index (κ2) is 12.4. The molecule has 0 radical (unpaired) electrons. The Morgan fingerprint density at radius 1 is 0.368 bits per heavy atom. The van der Waals surface area contributed by atoms with Crippen LogP contribution in [-0.4, -0.2) is 19.1 Å². The van der Waals surface area contributed by atoms with E-state index in [0.29, 0.717) is 5.82 Å². The van der Waals surface area contributed by atoms with Crippen LogP contribution in [0.25, 0.3) is 111 Å². The number of nitrogens with zero attached hydrogens (tertiary/aromatic N) is 4. The Balaban J connectivity index is 1.20. The van der Waals surface area contributed by atoms with Crippen molar-refractivity contribution in [3.05, 3.63) is 194 Å². The lowest BCUT2D eigenvalue weighted by atomic mass is 9.97. The fourth-order valence-electron chi connectivity index (χ4n) is 8.82. The number of furan rings is 1. The molecule has 0 aliphatic rings. The Hall–Kier alpha value is -7.76. The minimum Gasteiger partial charge on any atom is -0.456 e. The van der Waals surface area contributed by atoms with E-state index in [1.54, 1.807) is 0 Å². The quantitative estimate of drug-likeness (QED) is 0.177. The second-order valence-corrected chi connectivity index (χ2v) is 14.6. The molecule has 0 aliphatic carbocycles. The third-order valence-electron chi connectivity index (χ3n) is 11.3. The van der Waals surface area contributed by atoms with Gasteiger partial charge in [0.05, 0.1) is 27.6 Å². The average molecular weight is 729 g/mol. The van der Waals surface area contributed by atoms with Gasteiger partial charge in [-0.2, -0.15) is 0 Å². The summed E-state index contributed by atoms with van der Waals surface area (Å²) in [6.45, 7) is 0. The molecule has 0 unspecified atom stereocenters. The van der Waals surface area contributed by atoms with E-state index in [9.17, 15) is 0 Å². The fraction of sp³-hybridized carbons (Fsp3) is 0. The van der Waals surface area contributed by atoms with Crippen molar-refractivity contribution in [2.24, 2.45) is 0 Å². The van der Waals surface area contributed by atoms with Crippen molar-refractivity contribution in [1.29, 1.82) is 0 Å². The van der Waals surface area contributed by atoms with Gasteiger partial charge in [-0.1, -0.05) is 133 Å². The van der Waals surface area contributed by atoms with Gasteiger partial charge >= 0.3 is 0 Å². The van der Waals surface area contributed by atoms with Gasteiger partial charge < -0.3 is 8.98 Å². The van der Waals surface area contributed by atoms with Crippen LogP contribution in [0.15, 0.2) is 199 Å². The summed E-state index contributed by atoms with van der Waals surface area (Å²) in [6, 6.07) is 68.3. The predicted octanol–water partition coefficient (Wildman–Crippen LogP) is 13.6. The van der Waals surface area contributed by atoms with E-state index in [4.69, 9.17) is 14.4 Å². The lowest BCUT2D eigenvalue weighted by Gasteiger charge is -2.11. The molecule has 5 heteroatoms. The summed E-state index contributed by atoms with van der Waals surface area (Å²) in [5.74, 6) is 0.683. The zero-order chi connectivity index (χ0) is 37.5. The van der Waals surface area contributed by atoms with Crippen LogP contribution in [0.2, 0.25) is 0 Å². The van der Waals surface area contributed by atoms with Crippen molar-refractivity contribution in [2.75, 3.05) is 0 Å². The van der Waals surface area contributed by atoms with Gasteiger partial charge in [0.1, 0.15) is 16.8 Å². The zero-order valence-corrected chi connectivity index (χ0v) is 30.7. The summed E-state index contributed by atoms with van der Waals surface area (Å²) in [7, 11) is 0. The largest absolute Gasteiger partial charge is 0.456 e. The molecule has 4 heterocycles. The molecule has 0 fully saturated rings. The van der Waals surface area contributed by atoms with Crippen LogP contribution in [0.3, 0.4) is 0 Å². The van der Waals surface area contributed by atoms with Gasteiger partial charge in [0, 0.05) is 49.4 Å². The van der Waals surface area contributed by atoms with Gasteiger partial charge in [0.15, 0.2) is 5.82 Å². The maximum atomic E-state index is 6.34. The van der Waals surface area contributed by atoms with E-state index in [-0.39, 0.29) is 0 Å². The first-order valence-electron chi connectivity index (χ1n) is 19.3. The molecule has 5 nitrogen and oxygen atoms in total. The van der Waals surface area contributed by atoms with E-state index < -0.39 is 0 Å². The van der Waals surface area contributed by atoms with Gasteiger partial charge in [-0.05, 0) is 71.8 Å². The number of aromatic nitrogens is 4. The molecule has 57 heavy (non-hydrogen) atoms. The minimum absolute atomic E-state index is 0.683. The number of fused-ring (bicyclic) bond motifs is 9. The van der Waals surface area contributed by atoms with Crippen LogP contribution in [0.5, 0.6) is 0 Å². The summed E-state index contributed by atoms with van der Waals surface area (Å²) < 4.78 is 11.0. The molecule has 266 valence electrons. The van der Waals surface area contributed by atoms with Crippen molar-refractivity contribution in [3.8, 4) is 45.1 Å². The van der Waals surface area contributed by atoms with Crippen molar-refractivity contribution < 1.29 is 4.42 Å². The van der Waals surface area contributed by atoms with Crippen LogP contribution < -0.4 is 0 Å². The molecule has 0 saturated carbocycles. The first-order valence-corrected chi connectivity index (χ1v) is 19.3. The van der Waals surface area contributed by atoms with Crippen molar-refractivity contribution in [3.63, 3.8) is 0 Å². The molecule has 0 atom stereocenters. The lowest BCUT2D eigenvalue weighted by molar-refractivity contribution is 0.669. The summed E-state index contributed by atoms with van der Waals surface area (Å²) >= 11 is 0. The van der Waals surface area contributed by atoms with Gasteiger partial charge in [-0.25, -0.2) is 9.97 Å². The highest BCUT2D eigenvalue weighted by molar-refractivity contribution is 6.18. The van der Waals surface area contributed by atoms with Gasteiger partial charge in [0.25, 0.3) is 0 Å². The van der Waals surface area contributed by atoms with E-state index in [2.05, 4.69) is 173 Å². The van der Waals surface area contributed by atoms with E-state index in [1.807, 2.05) is 30.3 Å². The Labute approximate surface area is 327 Å². The van der Waals surface area contributed by atoms with Crippen molar-refractivity contribution in [1.82, 2.24) is 19.1 Å². The van der Waals surface area contributed by atoms with Crippen LogP contribution in [0, 0.1) is 0 Å². The Bertz CT molecular complexity index is 3510. The van der Waals surface area contributed by atoms with Crippen LogP contribution in [0.1, 0.15) is 0 Å². The topological polar surface area (TPSA) is 48.8 Å². The van der Waals surface area contributed by atoms with Crippen molar-refractivity contribution in [2.45, 2.75) is 0 Å². The van der Waals surface area contributed by atoms with E-state index in [0.717, 1.165) is 88.7 Å². The molecule has 12 aromatic rings. The molecule has 0 bridgehead atoms. The summed E-state index contributed by atoms with van der Waals surface area (Å²) in [4.78, 5) is 10.8. The van der Waals surface area contributed by atoms with E-state index >= 15 is 0 Å². The highest BCUT2D eigenvalue weighted by atomic mass is 16.3. The Kier molecular flexibility index (Phi) is 6.86. The molecular weight excluding hydrogens is 697 g/mol. The molecule has 12 rings (SSSR count). The standard InChI is InChI=1S/C52H32N4O/c1-4-15-33(16-5-1)50-49-42-31-35(38-23-14-26-47-48(38)40-22-11-13-25-46(40)57-47)27-29-45(42)56(52(49)54-51(53-50)34-17-6-2-7-18-34)37-28-30-44-41(32-37)39-21-10-12-24-43(39)55(44)36-19-8-3-9-20-36/h1-32H. The zero-order valence-electron chi connectivity index (χ0n) is 30.7. The van der Waals surface area contributed by atoms with Crippen LogP contribution in [0.4, 0.5) is 0 Å². The molecular formula is C52H32N4O. The maximum Gasteiger partial charge on any atom is 0.162 e. The molecule has 0 amide bonds. The number of para-hydroxylation sites is 3. The summed E-state index contributed by atoms with van der Waals surface area (Å²) in [6.07, 6.45) is 0. The SMILES string of the molecule is c1ccc(-c2nc(-c3ccccc3)c3c4cc(-c5cccc6oc7ccccc7c56)ccc4n(-c4ccc5c(c4)c4ccccc4n5-c4ccccc4)c3n2)cc1. The van der Waals surface area contributed by atoms with E-state index in [1.165, 1.54) is 16.3 Å². The summed E-state index contributed by atoms with van der Waals surface area (Å²) in [5.41, 5.74) is 13.3. The third kappa shape index (κ3) is 4.82.